The molecule has 0 saturated heterocycles. The van der Waals surface area contributed by atoms with Gasteiger partial charge in [-0.25, -0.2) is 4.39 Å². The van der Waals surface area contributed by atoms with Crippen molar-refractivity contribution in [1.29, 1.82) is 0 Å². The molecule has 0 bridgehead atoms. The zero-order valence-electron chi connectivity index (χ0n) is 11.9. The van der Waals surface area contributed by atoms with Crippen molar-refractivity contribution in [3.63, 3.8) is 0 Å². The molecule has 0 heterocycles. The first-order chi connectivity index (χ1) is 10.5. The molecule has 22 heavy (non-hydrogen) atoms. The van der Waals surface area contributed by atoms with Crippen LogP contribution in [0.25, 0.3) is 11.1 Å². The summed E-state index contributed by atoms with van der Waals surface area (Å²) in [5.41, 5.74) is 2.10. The number of rotatable bonds is 5. The van der Waals surface area contributed by atoms with Gasteiger partial charge in [0.1, 0.15) is 5.82 Å². The summed E-state index contributed by atoms with van der Waals surface area (Å²) in [7, 11) is 0. The summed E-state index contributed by atoms with van der Waals surface area (Å²) < 4.78 is 18.1. The molecule has 0 saturated carbocycles. The highest BCUT2D eigenvalue weighted by molar-refractivity contribution is 6.31. The van der Waals surface area contributed by atoms with Crippen LogP contribution in [0.15, 0.2) is 36.4 Å². The van der Waals surface area contributed by atoms with Crippen LogP contribution in [0, 0.1) is 5.82 Å². The molecule has 114 valence electrons. The molecule has 0 atom stereocenters. The van der Waals surface area contributed by atoms with Crippen molar-refractivity contribution in [2.75, 3.05) is 6.61 Å². The second-order valence-corrected chi connectivity index (χ2v) is 5.12. The number of carbonyl (C=O) groups excluding carboxylic acids is 2. The average molecular weight is 321 g/mol. The van der Waals surface area contributed by atoms with Crippen LogP contribution < -0.4 is 0 Å². The van der Waals surface area contributed by atoms with Gasteiger partial charge in [0, 0.05) is 10.6 Å². The Kier molecular flexibility index (Phi) is 5.28. The number of ether oxygens (including phenoxy) is 1. The smallest absolute Gasteiger partial charge is 0.310 e. The Bertz CT molecular complexity index is 713. The van der Waals surface area contributed by atoms with Crippen molar-refractivity contribution in [3.05, 3.63) is 58.4 Å². The van der Waals surface area contributed by atoms with E-state index in [9.17, 15) is 14.0 Å². The Balaban J connectivity index is 2.42. The number of carbonyl (C=O) groups is 2. The summed E-state index contributed by atoms with van der Waals surface area (Å²) in [5.74, 6) is -0.843. The van der Waals surface area contributed by atoms with E-state index in [1.807, 2.05) is 0 Å². The predicted molar refractivity (Wildman–Crippen MR) is 82.6 cm³/mol. The third-order valence-corrected chi connectivity index (χ3v) is 3.28. The van der Waals surface area contributed by atoms with Gasteiger partial charge < -0.3 is 4.74 Å². The summed E-state index contributed by atoms with van der Waals surface area (Å²) in [6, 6.07) is 9.01. The number of halogens is 2. The van der Waals surface area contributed by atoms with Crippen LogP contribution in [0.1, 0.15) is 22.8 Å². The number of aldehydes is 1. The zero-order valence-corrected chi connectivity index (χ0v) is 12.7. The molecule has 0 aliphatic carbocycles. The van der Waals surface area contributed by atoms with Crippen LogP contribution in [-0.2, 0) is 16.0 Å². The molecule has 2 aromatic rings. The fourth-order valence-corrected chi connectivity index (χ4v) is 2.44. The van der Waals surface area contributed by atoms with Crippen molar-refractivity contribution in [2.24, 2.45) is 0 Å². The summed E-state index contributed by atoms with van der Waals surface area (Å²) in [6.07, 6.45) is 0.670. The molecule has 0 amide bonds. The van der Waals surface area contributed by atoms with Gasteiger partial charge in [-0.15, -0.1) is 0 Å². The summed E-state index contributed by atoms with van der Waals surface area (Å²) in [5, 5.41) is 0.429. The van der Waals surface area contributed by atoms with Crippen LogP contribution in [0.3, 0.4) is 0 Å². The van der Waals surface area contributed by atoms with E-state index in [-0.39, 0.29) is 18.0 Å². The van der Waals surface area contributed by atoms with Crippen LogP contribution >= 0.6 is 11.6 Å². The molecule has 0 aromatic heterocycles. The van der Waals surface area contributed by atoms with E-state index in [0.29, 0.717) is 34.6 Å². The summed E-state index contributed by atoms with van der Waals surface area (Å²) >= 11 is 6.07. The van der Waals surface area contributed by atoms with Crippen molar-refractivity contribution >= 4 is 23.9 Å². The predicted octanol–water partition coefficient (Wildman–Crippen LogP) is 4.06. The van der Waals surface area contributed by atoms with Crippen LogP contribution in [-0.4, -0.2) is 18.9 Å². The lowest BCUT2D eigenvalue weighted by Crippen LogP contribution is -2.07. The third kappa shape index (κ3) is 3.92. The van der Waals surface area contributed by atoms with E-state index in [2.05, 4.69) is 0 Å². The van der Waals surface area contributed by atoms with E-state index in [4.69, 9.17) is 16.3 Å². The van der Waals surface area contributed by atoms with Crippen molar-refractivity contribution < 1.29 is 18.7 Å². The van der Waals surface area contributed by atoms with E-state index in [1.54, 1.807) is 25.1 Å². The molecule has 3 nitrogen and oxygen atoms in total. The molecule has 0 unspecified atom stereocenters. The van der Waals surface area contributed by atoms with Gasteiger partial charge in [-0.2, -0.15) is 0 Å². The van der Waals surface area contributed by atoms with Gasteiger partial charge in [-0.05, 0) is 47.9 Å². The van der Waals surface area contributed by atoms with E-state index >= 15 is 0 Å². The molecule has 2 rings (SSSR count). The van der Waals surface area contributed by atoms with E-state index in [1.165, 1.54) is 12.1 Å². The van der Waals surface area contributed by atoms with Crippen LogP contribution in [0.5, 0.6) is 0 Å². The quantitative estimate of drug-likeness (QED) is 0.616. The van der Waals surface area contributed by atoms with E-state index < -0.39 is 5.82 Å². The second kappa shape index (κ2) is 7.18. The van der Waals surface area contributed by atoms with Crippen molar-refractivity contribution in [2.45, 2.75) is 13.3 Å². The lowest BCUT2D eigenvalue weighted by molar-refractivity contribution is -0.142. The van der Waals surface area contributed by atoms with Gasteiger partial charge in [0.05, 0.1) is 13.0 Å². The number of hydrogen-bond acceptors (Lipinski definition) is 3. The van der Waals surface area contributed by atoms with Gasteiger partial charge in [0.2, 0.25) is 0 Å². The van der Waals surface area contributed by atoms with Crippen LogP contribution in [0.2, 0.25) is 5.02 Å². The molecule has 2 aromatic carbocycles. The first-order valence-electron chi connectivity index (χ1n) is 6.73. The molecule has 0 spiro atoms. The van der Waals surface area contributed by atoms with Crippen LogP contribution in [0.4, 0.5) is 4.39 Å². The lowest BCUT2D eigenvalue weighted by Gasteiger charge is -2.09. The fraction of sp³-hybridized carbons (Fsp3) is 0.176. The monoisotopic (exact) mass is 320 g/mol. The number of hydrogen-bond donors (Lipinski definition) is 0. The maximum absolute atomic E-state index is 13.2. The molecule has 0 aliphatic heterocycles. The molecule has 0 fully saturated rings. The van der Waals surface area contributed by atoms with Gasteiger partial charge in [-0.3, -0.25) is 9.59 Å². The minimum absolute atomic E-state index is 0.0824. The highest BCUT2D eigenvalue weighted by Crippen LogP contribution is 2.28. The topological polar surface area (TPSA) is 43.4 Å². The van der Waals surface area contributed by atoms with Gasteiger partial charge in [0.25, 0.3) is 0 Å². The highest BCUT2D eigenvalue weighted by atomic mass is 35.5. The molecular formula is C17H14ClFO3. The summed E-state index contributed by atoms with van der Waals surface area (Å²) in [4.78, 5) is 22.7. The third-order valence-electron chi connectivity index (χ3n) is 3.06. The SMILES string of the molecule is CCOC(=O)Cc1cc(Cl)cc(-c2ccc(F)cc2C=O)c1. The Morgan fingerprint density at radius 1 is 1.27 bits per heavy atom. The number of esters is 1. The average Bonchev–Trinajstić information content (AvgIpc) is 2.46. The Labute approximate surface area is 132 Å². The highest BCUT2D eigenvalue weighted by Gasteiger charge is 2.11. The molecule has 0 N–H and O–H groups in total. The molecular weight excluding hydrogens is 307 g/mol. The van der Waals surface area contributed by atoms with E-state index in [0.717, 1.165) is 6.07 Å². The Hall–Kier alpha value is -2.20. The minimum atomic E-state index is -0.486. The fourth-order valence-electron chi connectivity index (χ4n) is 2.18. The molecule has 5 heteroatoms. The molecule has 0 aliphatic rings. The Morgan fingerprint density at radius 2 is 2.05 bits per heavy atom. The normalized spacial score (nSPS) is 10.3. The molecule has 0 radical (unpaired) electrons. The second-order valence-electron chi connectivity index (χ2n) is 4.68. The largest absolute Gasteiger partial charge is 0.466 e. The lowest BCUT2D eigenvalue weighted by atomic mass is 9.97. The van der Waals surface area contributed by atoms with Gasteiger partial charge in [0.15, 0.2) is 6.29 Å². The van der Waals surface area contributed by atoms with Gasteiger partial charge >= 0.3 is 5.97 Å². The van der Waals surface area contributed by atoms with Crippen molar-refractivity contribution in [1.82, 2.24) is 0 Å². The standard InChI is InChI=1S/C17H14ClFO3/c1-2-22-17(21)7-11-5-12(8-14(18)6-11)16-4-3-15(19)9-13(16)10-20/h3-6,8-10H,2,7H2,1H3. The zero-order chi connectivity index (χ0) is 16.1. The minimum Gasteiger partial charge on any atom is -0.466 e. The maximum atomic E-state index is 13.2. The van der Waals surface area contributed by atoms with Crippen molar-refractivity contribution in [3.8, 4) is 11.1 Å². The Morgan fingerprint density at radius 3 is 2.73 bits per heavy atom. The number of benzene rings is 2. The maximum Gasteiger partial charge on any atom is 0.310 e. The summed E-state index contributed by atoms with van der Waals surface area (Å²) in [6.45, 7) is 2.04. The van der Waals surface area contributed by atoms with Gasteiger partial charge in [-0.1, -0.05) is 23.7 Å². The first kappa shape index (κ1) is 16.2. The first-order valence-corrected chi connectivity index (χ1v) is 7.11.